The van der Waals surface area contributed by atoms with Gasteiger partial charge in [0, 0.05) is 5.56 Å². The molecule has 0 fully saturated rings. The quantitative estimate of drug-likeness (QED) is 0.586. The van der Waals surface area contributed by atoms with Gasteiger partial charge >= 0.3 is 11.1 Å². The molecule has 0 aliphatic rings. The molecule has 0 aliphatic carbocycles. The SMILES string of the molecule is CCS(=O)(=O)c1ccc(C(=O)O[N+](=O)[O-])cc1. The first-order valence-corrected chi connectivity index (χ1v) is 6.21. The monoisotopic (exact) mass is 259 g/mol. The van der Waals surface area contributed by atoms with Gasteiger partial charge in [-0.3, -0.25) is 4.79 Å². The van der Waals surface area contributed by atoms with E-state index >= 15 is 0 Å². The molecule has 8 heteroatoms. The summed E-state index contributed by atoms with van der Waals surface area (Å²) < 4.78 is 22.9. The summed E-state index contributed by atoms with van der Waals surface area (Å²) in [6.07, 6.45) is 0. The van der Waals surface area contributed by atoms with Crippen molar-refractivity contribution < 1.29 is 23.1 Å². The molecule has 0 N–H and O–H groups in total. The smallest absolute Gasteiger partial charge is 0.263 e. The summed E-state index contributed by atoms with van der Waals surface area (Å²) in [7, 11) is -3.35. The van der Waals surface area contributed by atoms with Crippen molar-refractivity contribution in [3.05, 3.63) is 39.9 Å². The minimum absolute atomic E-state index is 0.0534. The van der Waals surface area contributed by atoms with E-state index < -0.39 is 20.9 Å². The molecule has 1 rings (SSSR count). The molecule has 0 unspecified atom stereocenters. The maximum Gasteiger partial charge on any atom is 0.334 e. The predicted molar refractivity (Wildman–Crippen MR) is 56.6 cm³/mol. The summed E-state index contributed by atoms with van der Waals surface area (Å²) in [5.41, 5.74) is -0.0863. The van der Waals surface area contributed by atoms with Gasteiger partial charge in [-0.1, -0.05) is 6.92 Å². The summed E-state index contributed by atoms with van der Waals surface area (Å²) in [5, 5.41) is 8.70. The second-order valence-electron chi connectivity index (χ2n) is 3.03. The van der Waals surface area contributed by atoms with Gasteiger partial charge in [-0.15, -0.1) is 10.1 Å². The lowest BCUT2D eigenvalue weighted by atomic mass is 10.2. The third-order valence-corrected chi connectivity index (χ3v) is 3.74. The van der Waals surface area contributed by atoms with Crippen molar-refractivity contribution in [2.24, 2.45) is 0 Å². The molecule has 0 atom stereocenters. The van der Waals surface area contributed by atoms with E-state index in [4.69, 9.17) is 0 Å². The normalized spacial score (nSPS) is 10.9. The van der Waals surface area contributed by atoms with Gasteiger partial charge in [0.05, 0.1) is 10.6 Å². The highest BCUT2D eigenvalue weighted by Gasteiger charge is 2.14. The first kappa shape index (κ1) is 13.1. The van der Waals surface area contributed by atoms with Crippen LogP contribution in [0.2, 0.25) is 0 Å². The van der Waals surface area contributed by atoms with Crippen LogP contribution in [0.4, 0.5) is 0 Å². The Bertz CT molecular complexity index is 533. The number of rotatable bonds is 4. The van der Waals surface area contributed by atoms with Crippen LogP contribution in [0.1, 0.15) is 17.3 Å². The van der Waals surface area contributed by atoms with E-state index in [1.165, 1.54) is 19.1 Å². The van der Waals surface area contributed by atoms with Gasteiger partial charge in [-0.25, -0.2) is 13.3 Å². The minimum Gasteiger partial charge on any atom is -0.263 e. The summed E-state index contributed by atoms with van der Waals surface area (Å²) in [5.74, 6) is -1.21. The van der Waals surface area contributed by atoms with Crippen molar-refractivity contribution in [3.63, 3.8) is 0 Å². The lowest BCUT2D eigenvalue weighted by molar-refractivity contribution is -0.727. The van der Waals surface area contributed by atoms with Crippen LogP contribution in [0.5, 0.6) is 0 Å². The Balaban J connectivity index is 2.96. The van der Waals surface area contributed by atoms with Gasteiger partial charge < -0.3 is 0 Å². The highest BCUT2D eigenvalue weighted by molar-refractivity contribution is 7.91. The van der Waals surface area contributed by atoms with E-state index in [1.54, 1.807) is 0 Å². The second-order valence-corrected chi connectivity index (χ2v) is 5.31. The Labute approximate surface area is 97.0 Å². The highest BCUT2D eigenvalue weighted by atomic mass is 32.2. The van der Waals surface area contributed by atoms with E-state index in [0.717, 1.165) is 12.1 Å². The van der Waals surface area contributed by atoms with Crippen LogP contribution in [0.15, 0.2) is 29.2 Å². The van der Waals surface area contributed by atoms with Gasteiger partial charge in [0.25, 0.3) is 0 Å². The molecule has 0 aliphatic heterocycles. The highest BCUT2D eigenvalue weighted by Crippen LogP contribution is 2.12. The number of carbonyl (C=O) groups is 1. The predicted octanol–water partition coefficient (Wildman–Crippen LogP) is 0.829. The van der Waals surface area contributed by atoms with E-state index in [9.17, 15) is 23.3 Å². The summed E-state index contributed by atoms with van der Waals surface area (Å²) in [6, 6.07) is 4.73. The molecule has 0 bridgehead atoms. The number of nitrogens with zero attached hydrogens (tertiary/aromatic N) is 1. The fourth-order valence-corrected chi connectivity index (χ4v) is 1.97. The van der Waals surface area contributed by atoms with Crippen LogP contribution in [-0.2, 0) is 14.7 Å². The number of benzene rings is 1. The van der Waals surface area contributed by atoms with Crippen LogP contribution in [-0.4, -0.2) is 25.2 Å². The minimum atomic E-state index is -3.35. The molecular formula is C9H9NO6S. The lowest BCUT2D eigenvalue weighted by Gasteiger charge is -2.02. The van der Waals surface area contributed by atoms with Crippen LogP contribution in [0.25, 0.3) is 0 Å². The van der Waals surface area contributed by atoms with Crippen LogP contribution in [0, 0.1) is 10.1 Å². The van der Waals surface area contributed by atoms with Crippen LogP contribution < -0.4 is 0 Å². The zero-order valence-corrected chi connectivity index (χ0v) is 9.64. The van der Waals surface area contributed by atoms with Gasteiger partial charge in [0.2, 0.25) is 0 Å². The van der Waals surface area contributed by atoms with Crippen LogP contribution in [0.3, 0.4) is 0 Å². The Hall–Kier alpha value is -1.96. The molecule has 17 heavy (non-hydrogen) atoms. The fourth-order valence-electron chi connectivity index (χ4n) is 1.09. The Morgan fingerprint density at radius 3 is 2.29 bits per heavy atom. The largest absolute Gasteiger partial charge is 0.334 e. The van der Waals surface area contributed by atoms with Gasteiger partial charge in [-0.05, 0) is 24.3 Å². The Kier molecular flexibility index (Phi) is 3.79. The third kappa shape index (κ3) is 3.25. The number of hydrogen-bond acceptors (Lipinski definition) is 6. The Morgan fingerprint density at radius 2 is 1.88 bits per heavy atom. The van der Waals surface area contributed by atoms with Gasteiger partial charge in [0.1, 0.15) is 0 Å². The average Bonchev–Trinajstić information content (AvgIpc) is 2.28. The van der Waals surface area contributed by atoms with E-state index in [1.807, 2.05) is 0 Å². The number of carbonyl (C=O) groups excluding carboxylic acids is 1. The maximum atomic E-state index is 11.4. The molecule has 1 aromatic carbocycles. The fraction of sp³-hybridized carbons (Fsp3) is 0.222. The van der Waals surface area contributed by atoms with E-state index in [2.05, 4.69) is 4.84 Å². The summed E-state index contributed by atoms with van der Waals surface area (Å²) in [6.45, 7) is 1.49. The molecule has 0 radical (unpaired) electrons. The molecule has 1 aromatic rings. The lowest BCUT2D eigenvalue weighted by Crippen LogP contribution is -2.11. The van der Waals surface area contributed by atoms with E-state index in [0.29, 0.717) is 0 Å². The molecule has 0 heterocycles. The molecule has 0 saturated heterocycles. The number of hydrogen-bond donors (Lipinski definition) is 0. The van der Waals surface area contributed by atoms with Crippen molar-refractivity contribution in [1.29, 1.82) is 0 Å². The summed E-state index contributed by atoms with van der Waals surface area (Å²) in [4.78, 5) is 24.8. The average molecular weight is 259 g/mol. The molecule has 92 valence electrons. The van der Waals surface area contributed by atoms with Crippen LogP contribution >= 0.6 is 0 Å². The molecule has 7 nitrogen and oxygen atoms in total. The molecule has 0 spiro atoms. The zero-order chi connectivity index (χ0) is 13.1. The molecular weight excluding hydrogens is 250 g/mol. The van der Waals surface area contributed by atoms with Crippen molar-refractivity contribution in [2.75, 3.05) is 5.75 Å². The Morgan fingerprint density at radius 1 is 1.35 bits per heavy atom. The van der Waals surface area contributed by atoms with Crippen molar-refractivity contribution in [2.45, 2.75) is 11.8 Å². The number of sulfone groups is 1. The maximum absolute atomic E-state index is 11.4. The topological polar surface area (TPSA) is 104 Å². The third-order valence-electron chi connectivity index (χ3n) is 1.99. The van der Waals surface area contributed by atoms with Crippen molar-refractivity contribution in [1.82, 2.24) is 0 Å². The standard InChI is InChI=1S/C9H9NO6S/c1-2-17(14,15)8-5-3-7(4-6-8)9(11)16-10(12)13/h3-6H,2H2,1H3. The first-order chi connectivity index (χ1) is 7.86. The summed E-state index contributed by atoms with van der Waals surface area (Å²) >= 11 is 0. The van der Waals surface area contributed by atoms with Gasteiger partial charge in [-0.2, -0.15) is 0 Å². The first-order valence-electron chi connectivity index (χ1n) is 4.56. The molecule has 0 amide bonds. The van der Waals surface area contributed by atoms with Gasteiger partial charge in [0.15, 0.2) is 9.84 Å². The zero-order valence-electron chi connectivity index (χ0n) is 8.82. The van der Waals surface area contributed by atoms with Crippen molar-refractivity contribution >= 4 is 15.8 Å². The second kappa shape index (κ2) is 4.91. The van der Waals surface area contributed by atoms with Crippen molar-refractivity contribution in [3.8, 4) is 0 Å². The van der Waals surface area contributed by atoms with E-state index in [-0.39, 0.29) is 16.2 Å². The molecule has 0 aromatic heterocycles. The molecule has 0 saturated carbocycles.